The Bertz CT molecular complexity index is 502. The lowest BCUT2D eigenvalue weighted by Gasteiger charge is -2.03. The Morgan fingerprint density at radius 3 is 2.44 bits per heavy atom. The highest BCUT2D eigenvalue weighted by Crippen LogP contribution is 2.18. The van der Waals surface area contributed by atoms with E-state index in [4.69, 9.17) is 0 Å². The third-order valence-corrected chi connectivity index (χ3v) is 2.66. The Labute approximate surface area is 96.7 Å². The molecule has 1 aromatic rings. The van der Waals surface area contributed by atoms with Crippen molar-refractivity contribution >= 4 is 11.4 Å². The van der Waals surface area contributed by atoms with E-state index < -0.39 is 0 Å². The van der Waals surface area contributed by atoms with Crippen molar-refractivity contribution < 1.29 is 4.58 Å². The zero-order valence-corrected chi connectivity index (χ0v) is 9.72. The van der Waals surface area contributed by atoms with Crippen LogP contribution in [0.2, 0.25) is 0 Å². The van der Waals surface area contributed by atoms with E-state index in [1.165, 1.54) is 17.0 Å². The summed E-state index contributed by atoms with van der Waals surface area (Å²) in [5.74, 6) is 0. The molecule has 80 valence electrons. The summed E-state index contributed by atoms with van der Waals surface area (Å²) < 4.78 is 2.20. The molecule has 0 N–H and O–H groups in total. The molecule has 1 aromatic carbocycles. The fourth-order valence-electron chi connectivity index (χ4n) is 1.76. The number of hydrogen-bond donors (Lipinski definition) is 0. The molecule has 0 saturated heterocycles. The van der Waals surface area contributed by atoms with Gasteiger partial charge in [-0.2, -0.15) is 4.58 Å². The van der Waals surface area contributed by atoms with Crippen molar-refractivity contribution in [2.75, 3.05) is 0 Å². The lowest BCUT2D eigenvalue weighted by atomic mass is 10.2. The van der Waals surface area contributed by atoms with E-state index in [1.54, 1.807) is 0 Å². The summed E-state index contributed by atoms with van der Waals surface area (Å²) in [6.45, 7) is 4.25. The van der Waals surface area contributed by atoms with Gasteiger partial charge in [-0.25, -0.2) is 0 Å². The second-order valence-electron chi connectivity index (χ2n) is 3.88. The van der Waals surface area contributed by atoms with Crippen LogP contribution in [-0.2, 0) is 0 Å². The summed E-state index contributed by atoms with van der Waals surface area (Å²) in [5.41, 5.74) is 3.73. The molecule has 2 rings (SSSR count). The summed E-state index contributed by atoms with van der Waals surface area (Å²) in [4.78, 5) is 0. The lowest BCUT2D eigenvalue weighted by molar-refractivity contribution is -0.360. The first-order chi connectivity index (χ1) is 7.79. The number of nitrogens with zero attached hydrogens (tertiary/aromatic N) is 1. The minimum atomic E-state index is 1.22. The largest absolute Gasteiger partial charge is 0.213 e. The zero-order valence-electron chi connectivity index (χ0n) is 9.72. The van der Waals surface area contributed by atoms with E-state index in [2.05, 4.69) is 67.1 Å². The van der Waals surface area contributed by atoms with Gasteiger partial charge in [0.05, 0.1) is 0 Å². The van der Waals surface area contributed by atoms with Gasteiger partial charge < -0.3 is 0 Å². The Morgan fingerprint density at radius 2 is 1.62 bits per heavy atom. The minimum absolute atomic E-state index is 1.22. The van der Waals surface area contributed by atoms with Crippen LogP contribution in [-0.4, -0.2) is 10.3 Å². The summed E-state index contributed by atoms with van der Waals surface area (Å²) in [5, 5.41) is 0. The molecule has 0 amide bonds. The van der Waals surface area contributed by atoms with Crippen molar-refractivity contribution in [1.82, 2.24) is 0 Å². The molecular weight excluding hydrogens is 194 g/mol. The third kappa shape index (κ3) is 2.19. The van der Waals surface area contributed by atoms with Crippen molar-refractivity contribution in [3.63, 3.8) is 0 Å². The van der Waals surface area contributed by atoms with Crippen LogP contribution >= 0.6 is 0 Å². The molecule has 1 aliphatic rings. The van der Waals surface area contributed by atoms with Crippen LogP contribution in [0, 0.1) is 6.92 Å². The van der Waals surface area contributed by atoms with E-state index in [-0.39, 0.29) is 0 Å². The van der Waals surface area contributed by atoms with E-state index in [0.29, 0.717) is 0 Å². The molecule has 1 nitrogen and oxygen atoms in total. The molecule has 0 unspecified atom stereocenters. The molecule has 1 aliphatic heterocycles. The highest BCUT2D eigenvalue weighted by molar-refractivity contribution is 5.90. The van der Waals surface area contributed by atoms with Gasteiger partial charge in [-0.1, -0.05) is 36.4 Å². The maximum atomic E-state index is 2.20. The molecule has 0 bridgehead atoms. The number of hydrogen-bond acceptors (Lipinski definition) is 0. The molecule has 0 spiro atoms. The fourth-order valence-corrected chi connectivity index (χ4v) is 1.76. The van der Waals surface area contributed by atoms with Crippen LogP contribution in [0.5, 0.6) is 0 Å². The maximum absolute atomic E-state index is 2.20. The molecule has 0 aliphatic carbocycles. The van der Waals surface area contributed by atoms with E-state index in [1.807, 2.05) is 12.2 Å². The average molecular weight is 210 g/mol. The monoisotopic (exact) mass is 210 g/mol. The zero-order chi connectivity index (χ0) is 11.4. The summed E-state index contributed by atoms with van der Waals surface area (Å²) in [7, 11) is 0. The van der Waals surface area contributed by atoms with Gasteiger partial charge in [0.2, 0.25) is 5.69 Å². The van der Waals surface area contributed by atoms with E-state index in [0.717, 1.165) is 0 Å². The lowest BCUT2D eigenvalue weighted by Crippen LogP contribution is -2.07. The Morgan fingerprint density at radius 1 is 0.875 bits per heavy atom. The smallest absolute Gasteiger partial charge is 0.165 e. The number of rotatable bonds is 1. The highest BCUT2D eigenvalue weighted by atomic mass is 15.0. The van der Waals surface area contributed by atoms with Crippen molar-refractivity contribution in [2.45, 2.75) is 13.8 Å². The highest BCUT2D eigenvalue weighted by Gasteiger charge is 2.12. The summed E-state index contributed by atoms with van der Waals surface area (Å²) in [6, 6.07) is 8.41. The van der Waals surface area contributed by atoms with Gasteiger partial charge in [0, 0.05) is 30.7 Å². The Kier molecular flexibility index (Phi) is 3.16. The van der Waals surface area contributed by atoms with Crippen LogP contribution in [0.15, 0.2) is 60.8 Å². The van der Waals surface area contributed by atoms with E-state index >= 15 is 0 Å². The molecule has 1 heteroatoms. The number of aryl methyl sites for hydroxylation is 1. The fraction of sp³-hybridized carbons (Fsp3) is 0.133. The quantitative estimate of drug-likeness (QED) is 0.621. The topological polar surface area (TPSA) is 3.01 Å². The second kappa shape index (κ2) is 4.75. The van der Waals surface area contributed by atoms with Gasteiger partial charge in [-0.3, -0.25) is 0 Å². The molecule has 0 radical (unpaired) electrons. The predicted octanol–water partition coefficient (Wildman–Crippen LogP) is 3.74. The molecule has 0 aromatic heterocycles. The molecule has 0 fully saturated rings. The van der Waals surface area contributed by atoms with Gasteiger partial charge in [0.25, 0.3) is 0 Å². The van der Waals surface area contributed by atoms with Crippen molar-refractivity contribution in [2.24, 2.45) is 0 Å². The summed E-state index contributed by atoms with van der Waals surface area (Å²) in [6.07, 6.45) is 12.4. The van der Waals surface area contributed by atoms with Crippen LogP contribution in [0.4, 0.5) is 5.69 Å². The van der Waals surface area contributed by atoms with Crippen LogP contribution in [0.25, 0.3) is 0 Å². The molecular formula is C15H16N+. The minimum Gasteiger partial charge on any atom is -0.165 e. The third-order valence-electron chi connectivity index (χ3n) is 2.66. The van der Waals surface area contributed by atoms with Crippen molar-refractivity contribution in [3.05, 3.63) is 66.4 Å². The maximum Gasteiger partial charge on any atom is 0.213 e. The average Bonchev–Trinajstić information content (AvgIpc) is 2.26. The van der Waals surface area contributed by atoms with Gasteiger partial charge in [0.1, 0.15) is 0 Å². The molecule has 0 saturated carbocycles. The standard InChI is InChI=1S/C15H16N/c1-13-9-6-7-11-15(13)16-12-8-4-3-5-10-14(16)2/h3-12H,1-2H3/q+1/b4-3-,5-3?,8-4?,10-5-,12-8-,14-10?,16-12?,16-14+. The van der Waals surface area contributed by atoms with Gasteiger partial charge in [0.15, 0.2) is 11.9 Å². The molecule has 16 heavy (non-hydrogen) atoms. The first-order valence-electron chi connectivity index (χ1n) is 5.49. The Balaban J connectivity index is 2.54. The first-order valence-corrected chi connectivity index (χ1v) is 5.49. The van der Waals surface area contributed by atoms with Crippen molar-refractivity contribution in [3.8, 4) is 0 Å². The van der Waals surface area contributed by atoms with Crippen molar-refractivity contribution in [1.29, 1.82) is 0 Å². The van der Waals surface area contributed by atoms with Crippen LogP contribution in [0.3, 0.4) is 0 Å². The number of para-hydroxylation sites is 1. The second-order valence-corrected chi connectivity index (χ2v) is 3.88. The predicted molar refractivity (Wildman–Crippen MR) is 69.2 cm³/mol. The van der Waals surface area contributed by atoms with Gasteiger partial charge in [-0.05, 0) is 6.92 Å². The SMILES string of the molecule is CC1=[N+](c2ccccc2C)/C=C\C=C/C=C\1. The van der Waals surface area contributed by atoms with Crippen LogP contribution < -0.4 is 0 Å². The van der Waals surface area contributed by atoms with E-state index in [9.17, 15) is 0 Å². The van der Waals surface area contributed by atoms with Gasteiger partial charge >= 0.3 is 0 Å². The first kappa shape index (κ1) is 10.6. The van der Waals surface area contributed by atoms with Crippen LogP contribution in [0.1, 0.15) is 12.5 Å². The molecule has 0 atom stereocenters. The number of allylic oxidation sites excluding steroid dienone is 5. The Hall–Kier alpha value is -1.89. The number of benzene rings is 1. The van der Waals surface area contributed by atoms with Gasteiger partial charge in [-0.15, -0.1) is 0 Å². The normalized spacial score (nSPS) is 25.6. The summed E-state index contributed by atoms with van der Waals surface area (Å²) >= 11 is 0. The molecule has 1 heterocycles.